The van der Waals surface area contributed by atoms with E-state index in [4.69, 9.17) is 4.74 Å². The molecule has 1 fully saturated rings. The maximum absolute atomic E-state index is 12.2. The zero-order valence-electron chi connectivity index (χ0n) is 11.3. The Kier molecular flexibility index (Phi) is 4.54. The van der Waals surface area contributed by atoms with Gasteiger partial charge >= 0.3 is 0 Å². The first-order chi connectivity index (χ1) is 8.70. The third-order valence-corrected chi connectivity index (χ3v) is 3.63. The van der Waals surface area contributed by atoms with Gasteiger partial charge in [0.15, 0.2) is 5.78 Å². The fourth-order valence-electron chi connectivity index (χ4n) is 2.45. The van der Waals surface area contributed by atoms with Gasteiger partial charge in [0, 0.05) is 11.5 Å². The maximum atomic E-state index is 12.2. The summed E-state index contributed by atoms with van der Waals surface area (Å²) >= 11 is 0. The van der Waals surface area contributed by atoms with Gasteiger partial charge in [0.1, 0.15) is 0 Å². The molecule has 1 aromatic carbocycles. The normalized spacial score (nSPS) is 23.2. The second-order valence-corrected chi connectivity index (χ2v) is 5.24. The third kappa shape index (κ3) is 3.20. The molecule has 2 rings (SSSR count). The molecule has 0 bridgehead atoms. The molecule has 1 aliphatic rings. The topological polar surface area (TPSA) is 26.3 Å². The van der Waals surface area contributed by atoms with E-state index in [1.54, 1.807) is 0 Å². The van der Waals surface area contributed by atoms with Crippen molar-refractivity contribution < 1.29 is 9.53 Å². The Balaban J connectivity index is 1.98. The number of unbranched alkanes of at least 4 members (excludes halogenated alkanes) is 1. The highest BCUT2D eigenvalue weighted by Crippen LogP contribution is 2.23. The van der Waals surface area contributed by atoms with E-state index in [-0.39, 0.29) is 17.8 Å². The van der Waals surface area contributed by atoms with Crippen LogP contribution in [0.2, 0.25) is 0 Å². The molecule has 0 radical (unpaired) electrons. The first-order valence-electron chi connectivity index (χ1n) is 6.95. The number of hydrogen-bond acceptors (Lipinski definition) is 2. The lowest BCUT2D eigenvalue weighted by Gasteiger charge is -2.07. The summed E-state index contributed by atoms with van der Waals surface area (Å²) in [6.07, 6.45) is 4.60. The number of aryl methyl sites for hydroxylation is 1. The van der Waals surface area contributed by atoms with E-state index < -0.39 is 0 Å². The lowest BCUT2D eigenvalue weighted by Crippen LogP contribution is -2.14. The highest BCUT2D eigenvalue weighted by Gasteiger charge is 2.28. The zero-order valence-corrected chi connectivity index (χ0v) is 11.3. The average Bonchev–Trinajstić information content (AvgIpc) is 2.83. The van der Waals surface area contributed by atoms with E-state index in [0.29, 0.717) is 6.61 Å². The van der Waals surface area contributed by atoms with Crippen molar-refractivity contribution in [1.29, 1.82) is 0 Å². The summed E-state index contributed by atoms with van der Waals surface area (Å²) in [7, 11) is 0. The van der Waals surface area contributed by atoms with E-state index in [1.165, 1.54) is 18.4 Å². The quantitative estimate of drug-likeness (QED) is 0.741. The van der Waals surface area contributed by atoms with Crippen molar-refractivity contribution in [2.75, 3.05) is 6.61 Å². The van der Waals surface area contributed by atoms with Crippen LogP contribution in [-0.2, 0) is 11.2 Å². The standard InChI is InChI=1S/C16H22O2/c1-3-4-5-13-6-8-14(9-7-13)16(17)15-10-12(2)18-11-15/h6-9,12,15H,3-5,10-11H2,1-2H3. The molecular formula is C16H22O2. The summed E-state index contributed by atoms with van der Waals surface area (Å²) in [6.45, 7) is 4.80. The summed E-state index contributed by atoms with van der Waals surface area (Å²) in [4.78, 5) is 12.2. The second-order valence-electron chi connectivity index (χ2n) is 5.24. The summed E-state index contributed by atoms with van der Waals surface area (Å²) in [5, 5.41) is 0. The van der Waals surface area contributed by atoms with Crippen molar-refractivity contribution in [3.63, 3.8) is 0 Å². The number of benzene rings is 1. The van der Waals surface area contributed by atoms with Crippen molar-refractivity contribution in [2.24, 2.45) is 5.92 Å². The molecule has 1 aromatic rings. The minimum atomic E-state index is 0.0569. The van der Waals surface area contributed by atoms with Gasteiger partial charge in [-0.1, -0.05) is 37.6 Å². The van der Waals surface area contributed by atoms with Gasteiger partial charge in [0.05, 0.1) is 12.7 Å². The van der Waals surface area contributed by atoms with Crippen molar-refractivity contribution in [3.05, 3.63) is 35.4 Å². The van der Waals surface area contributed by atoms with Crippen molar-refractivity contribution in [2.45, 2.75) is 45.6 Å². The number of ketones is 1. The molecule has 0 saturated carbocycles. The molecule has 2 heteroatoms. The lowest BCUT2D eigenvalue weighted by molar-refractivity contribution is 0.0877. The van der Waals surface area contributed by atoms with Crippen LogP contribution in [-0.4, -0.2) is 18.5 Å². The van der Waals surface area contributed by atoms with Gasteiger partial charge in [-0.05, 0) is 31.7 Å². The summed E-state index contributed by atoms with van der Waals surface area (Å²) in [5.41, 5.74) is 2.15. The highest BCUT2D eigenvalue weighted by atomic mass is 16.5. The predicted octanol–water partition coefficient (Wildman–Crippen LogP) is 3.64. The van der Waals surface area contributed by atoms with Crippen LogP contribution in [0.5, 0.6) is 0 Å². The second kappa shape index (κ2) is 6.14. The fourth-order valence-corrected chi connectivity index (χ4v) is 2.45. The highest BCUT2D eigenvalue weighted by molar-refractivity contribution is 5.98. The van der Waals surface area contributed by atoms with E-state index in [2.05, 4.69) is 19.1 Å². The fraction of sp³-hybridized carbons (Fsp3) is 0.562. The molecule has 1 heterocycles. The average molecular weight is 246 g/mol. The molecule has 2 unspecified atom stereocenters. The molecule has 2 nitrogen and oxygen atoms in total. The number of ether oxygens (including phenoxy) is 1. The number of Topliss-reactive ketones (excluding diaryl/α,β-unsaturated/α-hetero) is 1. The minimum Gasteiger partial charge on any atom is -0.378 e. The van der Waals surface area contributed by atoms with Gasteiger partial charge in [-0.15, -0.1) is 0 Å². The van der Waals surface area contributed by atoms with Crippen LogP contribution in [0.1, 0.15) is 49.0 Å². The molecule has 0 aromatic heterocycles. The van der Waals surface area contributed by atoms with Gasteiger partial charge in [-0.25, -0.2) is 0 Å². The molecule has 0 spiro atoms. The van der Waals surface area contributed by atoms with Gasteiger partial charge < -0.3 is 4.74 Å². The molecule has 98 valence electrons. The van der Waals surface area contributed by atoms with Gasteiger partial charge in [0.25, 0.3) is 0 Å². The van der Waals surface area contributed by atoms with Crippen LogP contribution < -0.4 is 0 Å². The molecule has 2 atom stereocenters. The monoisotopic (exact) mass is 246 g/mol. The van der Waals surface area contributed by atoms with Crippen molar-refractivity contribution in [1.82, 2.24) is 0 Å². The first kappa shape index (κ1) is 13.3. The van der Waals surface area contributed by atoms with Crippen LogP contribution in [0.25, 0.3) is 0 Å². The van der Waals surface area contributed by atoms with Crippen LogP contribution >= 0.6 is 0 Å². The van der Waals surface area contributed by atoms with Gasteiger partial charge in [0.2, 0.25) is 0 Å². The predicted molar refractivity (Wildman–Crippen MR) is 72.9 cm³/mol. The molecule has 18 heavy (non-hydrogen) atoms. The summed E-state index contributed by atoms with van der Waals surface area (Å²) in [5.74, 6) is 0.294. The van der Waals surface area contributed by atoms with Crippen LogP contribution in [0.4, 0.5) is 0 Å². The Morgan fingerprint density at radius 1 is 1.33 bits per heavy atom. The number of carbonyl (C=O) groups is 1. The summed E-state index contributed by atoms with van der Waals surface area (Å²) in [6, 6.07) is 8.11. The van der Waals surface area contributed by atoms with E-state index in [0.717, 1.165) is 18.4 Å². The van der Waals surface area contributed by atoms with Crippen LogP contribution in [0.3, 0.4) is 0 Å². The molecule has 0 aliphatic carbocycles. The van der Waals surface area contributed by atoms with Gasteiger partial charge in [-0.3, -0.25) is 4.79 Å². The maximum Gasteiger partial charge on any atom is 0.168 e. The molecule has 0 amide bonds. The Labute approximate surface area is 109 Å². The van der Waals surface area contributed by atoms with E-state index in [1.807, 2.05) is 19.1 Å². The lowest BCUT2D eigenvalue weighted by atomic mass is 9.94. The van der Waals surface area contributed by atoms with E-state index >= 15 is 0 Å². The molecule has 1 saturated heterocycles. The first-order valence-corrected chi connectivity index (χ1v) is 6.95. The summed E-state index contributed by atoms with van der Waals surface area (Å²) < 4.78 is 5.46. The van der Waals surface area contributed by atoms with Gasteiger partial charge in [-0.2, -0.15) is 0 Å². The largest absolute Gasteiger partial charge is 0.378 e. The SMILES string of the molecule is CCCCc1ccc(C(=O)C2COC(C)C2)cc1. The third-order valence-electron chi connectivity index (χ3n) is 3.63. The van der Waals surface area contributed by atoms with Crippen molar-refractivity contribution >= 4 is 5.78 Å². The van der Waals surface area contributed by atoms with Crippen molar-refractivity contribution in [3.8, 4) is 0 Å². The minimum absolute atomic E-state index is 0.0569. The Morgan fingerprint density at radius 3 is 2.61 bits per heavy atom. The van der Waals surface area contributed by atoms with E-state index in [9.17, 15) is 4.79 Å². The zero-order chi connectivity index (χ0) is 13.0. The number of carbonyl (C=O) groups excluding carboxylic acids is 1. The number of hydrogen-bond donors (Lipinski definition) is 0. The molecular weight excluding hydrogens is 224 g/mol. The Hall–Kier alpha value is -1.15. The Bertz CT molecular complexity index is 394. The number of rotatable bonds is 5. The van der Waals surface area contributed by atoms with Crippen LogP contribution in [0.15, 0.2) is 24.3 Å². The van der Waals surface area contributed by atoms with Crippen LogP contribution in [0, 0.1) is 5.92 Å². The molecule has 1 aliphatic heterocycles. The smallest absolute Gasteiger partial charge is 0.168 e. The Morgan fingerprint density at radius 2 is 2.06 bits per heavy atom. The molecule has 0 N–H and O–H groups in total.